The van der Waals surface area contributed by atoms with Crippen molar-refractivity contribution in [2.75, 3.05) is 6.54 Å². The van der Waals surface area contributed by atoms with Gasteiger partial charge in [-0.1, -0.05) is 51.1 Å². The van der Waals surface area contributed by atoms with Gasteiger partial charge in [-0.2, -0.15) is 0 Å². The first-order valence-electron chi connectivity index (χ1n) is 6.85. The molecule has 0 spiro atoms. The Kier molecular flexibility index (Phi) is 3.52. The number of rotatable bonds is 2. The molecule has 0 saturated carbocycles. The molecule has 0 aliphatic carbocycles. The molecule has 1 aliphatic rings. The molecule has 1 saturated heterocycles. The molecular formula is C16H25NO. The minimum Gasteiger partial charge on any atom is -0.388 e. The molecule has 1 aromatic carbocycles. The number of likely N-dealkylation sites (tertiary alicyclic amines) is 1. The third-order valence-electron chi connectivity index (χ3n) is 4.55. The third kappa shape index (κ3) is 2.32. The predicted octanol–water partition coefficient (Wildman–Crippen LogP) is 3.06. The van der Waals surface area contributed by atoms with E-state index in [9.17, 15) is 5.11 Å². The van der Waals surface area contributed by atoms with Crippen LogP contribution in [0.5, 0.6) is 0 Å². The van der Waals surface area contributed by atoms with Gasteiger partial charge in [0.25, 0.3) is 0 Å². The smallest absolute Gasteiger partial charge is 0.0859 e. The quantitative estimate of drug-likeness (QED) is 0.868. The highest BCUT2D eigenvalue weighted by molar-refractivity contribution is 5.16. The lowest BCUT2D eigenvalue weighted by atomic mass is 9.72. The van der Waals surface area contributed by atoms with Crippen LogP contribution in [-0.2, 0) is 6.54 Å². The molecule has 2 unspecified atom stereocenters. The average Bonchev–Trinajstić information content (AvgIpc) is 2.59. The Hall–Kier alpha value is -0.860. The summed E-state index contributed by atoms with van der Waals surface area (Å²) < 4.78 is 0. The molecule has 2 atom stereocenters. The van der Waals surface area contributed by atoms with Gasteiger partial charge in [0.1, 0.15) is 0 Å². The molecule has 1 aromatic rings. The number of nitrogens with zero attached hydrogens (tertiary/aromatic N) is 1. The minimum atomic E-state index is -0.582. The highest BCUT2D eigenvalue weighted by atomic mass is 16.3. The van der Waals surface area contributed by atoms with Crippen molar-refractivity contribution in [3.63, 3.8) is 0 Å². The molecule has 2 rings (SSSR count). The van der Waals surface area contributed by atoms with Gasteiger partial charge in [-0.15, -0.1) is 0 Å². The van der Waals surface area contributed by atoms with Gasteiger partial charge >= 0.3 is 0 Å². The van der Waals surface area contributed by atoms with E-state index >= 15 is 0 Å². The van der Waals surface area contributed by atoms with Gasteiger partial charge in [0.2, 0.25) is 0 Å². The first kappa shape index (κ1) is 13.6. The van der Waals surface area contributed by atoms with Crippen molar-refractivity contribution < 1.29 is 5.11 Å². The molecule has 2 nitrogen and oxygen atoms in total. The van der Waals surface area contributed by atoms with Crippen LogP contribution in [0.1, 0.15) is 39.7 Å². The Bertz CT molecular complexity index is 395. The van der Waals surface area contributed by atoms with Gasteiger partial charge in [0.15, 0.2) is 0 Å². The zero-order valence-corrected chi connectivity index (χ0v) is 12.0. The number of hydrogen-bond acceptors (Lipinski definition) is 2. The van der Waals surface area contributed by atoms with Crippen LogP contribution < -0.4 is 0 Å². The summed E-state index contributed by atoms with van der Waals surface area (Å²) in [6.45, 7) is 10.5. The Morgan fingerprint density at radius 3 is 2.39 bits per heavy atom. The van der Waals surface area contributed by atoms with Crippen LogP contribution in [-0.4, -0.2) is 28.2 Å². The second-order valence-corrected chi connectivity index (χ2v) is 6.56. The fourth-order valence-electron chi connectivity index (χ4n) is 3.05. The van der Waals surface area contributed by atoms with Crippen molar-refractivity contribution in [2.45, 2.75) is 52.3 Å². The van der Waals surface area contributed by atoms with Gasteiger partial charge in [0, 0.05) is 19.1 Å². The lowest BCUT2D eigenvalue weighted by Gasteiger charge is -2.42. The van der Waals surface area contributed by atoms with Gasteiger partial charge in [-0.25, -0.2) is 0 Å². The van der Waals surface area contributed by atoms with E-state index in [1.54, 1.807) is 0 Å². The number of aliphatic hydroxyl groups is 1. The highest BCUT2D eigenvalue weighted by Gasteiger charge is 2.50. The van der Waals surface area contributed by atoms with E-state index in [1.165, 1.54) is 5.56 Å². The predicted molar refractivity (Wildman–Crippen MR) is 75.3 cm³/mol. The molecule has 0 aromatic heterocycles. The number of benzene rings is 1. The van der Waals surface area contributed by atoms with E-state index in [4.69, 9.17) is 0 Å². The molecule has 0 radical (unpaired) electrons. The molecule has 18 heavy (non-hydrogen) atoms. The monoisotopic (exact) mass is 247 g/mol. The summed E-state index contributed by atoms with van der Waals surface area (Å²) in [7, 11) is 0. The van der Waals surface area contributed by atoms with Crippen LogP contribution in [0.3, 0.4) is 0 Å². The Morgan fingerprint density at radius 1 is 1.28 bits per heavy atom. The van der Waals surface area contributed by atoms with Crippen molar-refractivity contribution in [3.8, 4) is 0 Å². The van der Waals surface area contributed by atoms with E-state index < -0.39 is 5.60 Å². The maximum atomic E-state index is 10.9. The van der Waals surface area contributed by atoms with Gasteiger partial charge in [-0.05, 0) is 24.3 Å². The zero-order valence-electron chi connectivity index (χ0n) is 12.0. The Labute approximate surface area is 111 Å². The summed E-state index contributed by atoms with van der Waals surface area (Å²) in [5.74, 6) is 0. The van der Waals surface area contributed by atoms with E-state index in [0.717, 1.165) is 19.5 Å². The van der Waals surface area contributed by atoms with Crippen LogP contribution in [0.4, 0.5) is 0 Å². The Morgan fingerprint density at radius 2 is 1.89 bits per heavy atom. The maximum Gasteiger partial charge on any atom is 0.0859 e. The second kappa shape index (κ2) is 4.67. The lowest BCUT2D eigenvalue weighted by Crippen LogP contribution is -2.51. The summed E-state index contributed by atoms with van der Waals surface area (Å²) >= 11 is 0. The van der Waals surface area contributed by atoms with Crippen LogP contribution in [0.25, 0.3) is 0 Å². The van der Waals surface area contributed by atoms with E-state index in [1.807, 2.05) is 6.07 Å². The van der Waals surface area contributed by atoms with Crippen LogP contribution >= 0.6 is 0 Å². The van der Waals surface area contributed by atoms with Crippen LogP contribution in [0.2, 0.25) is 0 Å². The molecule has 1 aliphatic heterocycles. The molecule has 0 bridgehead atoms. The minimum absolute atomic E-state index is 0.0716. The summed E-state index contributed by atoms with van der Waals surface area (Å²) in [5, 5.41) is 10.9. The van der Waals surface area contributed by atoms with Crippen LogP contribution in [0, 0.1) is 5.41 Å². The van der Waals surface area contributed by atoms with Gasteiger partial charge in [-0.3, -0.25) is 4.90 Å². The topological polar surface area (TPSA) is 23.5 Å². The lowest BCUT2D eigenvalue weighted by molar-refractivity contribution is -0.0776. The van der Waals surface area contributed by atoms with Crippen molar-refractivity contribution in [1.82, 2.24) is 4.90 Å². The fourth-order valence-corrected chi connectivity index (χ4v) is 3.05. The SMILES string of the molecule is CC1N(Cc2ccccc2)CCC1(O)C(C)(C)C. The largest absolute Gasteiger partial charge is 0.388 e. The summed E-state index contributed by atoms with van der Waals surface area (Å²) in [6, 6.07) is 10.7. The van der Waals surface area contributed by atoms with Gasteiger partial charge in [0.05, 0.1) is 5.60 Å². The van der Waals surface area contributed by atoms with Gasteiger partial charge < -0.3 is 5.11 Å². The summed E-state index contributed by atoms with van der Waals surface area (Å²) in [4.78, 5) is 2.39. The Balaban J connectivity index is 2.11. The molecular weight excluding hydrogens is 222 g/mol. The molecule has 1 fully saturated rings. The van der Waals surface area contributed by atoms with E-state index in [2.05, 4.69) is 56.9 Å². The maximum absolute atomic E-state index is 10.9. The molecule has 2 heteroatoms. The molecule has 1 heterocycles. The van der Waals surface area contributed by atoms with E-state index in [0.29, 0.717) is 0 Å². The van der Waals surface area contributed by atoms with Crippen molar-refractivity contribution in [2.24, 2.45) is 5.41 Å². The normalized spacial score (nSPS) is 29.7. The first-order valence-corrected chi connectivity index (χ1v) is 6.85. The average molecular weight is 247 g/mol. The van der Waals surface area contributed by atoms with Crippen LogP contribution in [0.15, 0.2) is 30.3 Å². The number of hydrogen-bond donors (Lipinski definition) is 1. The molecule has 0 amide bonds. The van der Waals surface area contributed by atoms with Crippen molar-refractivity contribution >= 4 is 0 Å². The summed E-state index contributed by atoms with van der Waals surface area (Å²) in [5.41, 5.74) is 0.669. The third-order valence-corrected chi connectivity index (χ3v) is 4.55. The zero-order chi connectivity index (χ0) is 13.4. The second-order valence-electron chi connectivity index (χ2n) is 6.56. The standard InChI is InChI=1S/C16H25NO/c1-13-16(18,15(2,3)4)10-11-17(13)12-14-8-6-5-7-9-14/h5-9,13,18H,10-12H2,1-4H3. The fraction of sp³-hybridized carbons (Fsp3) is 0.625. The van der Waals surface area contributed by atoms with Crippen molar-refractivity contribution in [3.05, 3.63) is 35.9 Å². The molecule has 100 valence electrons. The van der Waals surface area contributed by atoms with Crippen molar-refractivity contribution in [1.29, 1.82) is 0 Å². The summed E-state index contributed by atoms with van der Waals surface area (Å²) in [6.07, 6.45) is 0.866. The molecule has 1 N–H and O–H groups in total. The highest BCUT2D eigenvalue weighted by Crippen LogP contribution is 2.42. The van der Waals surface area contributed by atoms with E-state index in [-0.39, 0.29) is 11.5 Å². The first-order chi connectivity index (χ1) is 8.34.